The Kier molecular flexibility index (Phi) is 9.16. The minimum atomic E-state index is -0.351. The molecule has 0 aliphatic heterocycles. The maximum absolute atomic E-state index is 11.3. The zero-order valence-corrected chi connectivity index (χ0v) is 13.1. The minimum Gasteiger partial charge on any atom is -0.468 e. The molecule has 0 radical (unpaired) electrons. The number of hydrogen-bond acceptors (Lipinski definition) is 6. The van der Waals surface area contributed by atoms with Crippen molar-refractivity contribution in [3.63, 3.8) is 0 Å². The molecule has 0 rings (SSSR count). The number of esters is 2. The van der Waals surface area contributed by atoms with Crippen molar-refractivity contribution < 1.29 is 19.1 Å². The highest BCUT2D eigenvalue weighted by Gasteiger charge is 2.17. The molecule has 0 aromatic heterocycles. The third kappa shape index (κ3) is 8.87. The number of unbranched alkanes of at least 4 members (excludes halogenated alkanes) is 1. The van der Waals surface area contributed by atoms with E-state index in [2.05, 4.69) is 23.3 Å². The largest absolute Gasteiger partial charge is 0.468 e. The van der Waals surface area contributed by atoms with Crippen LogP contribution in [0.25, 0.3) is 0 Å². The van der Waals surface area contributed by atoms with Crippen molar-refractivity contribution in [1.82, 2.24) is 4.90 Å². The van der Waals surface area contributed by atoms with Gasteiger partial charge in [-0.1, -0.05) is 20.3 Å². The van der Waals surface area contributed by atoms with E-state index in [0.29, 0.717) is 13.1 Å². The summed E-state index contributed by atoms with van der Waals surface area (Å²) in [6.07, 6.45) is 2.92. The number of carbonyl (C=O) groups excluding carboxylic acids is 2. The van der Waals surface area contributed by atoms with Crippen LogP contribution in [0.4, 0.5) is 0 Å². The highest BCUT2D eigenvalue weighted by Crippen LogP contribution is 2.21. The van der Waals surface area contributed by atoms with Crippen LogP contribution in [0, 0.1) is 5.41 Å². The van der Waals surface area contributed by atoms with Crippen LogP contribution in [0.5, 0.6) is 0 Å². The number of methoxy groups -OCH3 is 2. The normalized spacial score (nSPS) is 11.5. The molecule has 0 spiro atoms. The average molecular weight is 288 g/mol. The predicted molar refractivity (Wildman–Crippen MR) is 77.2 cm³/mol. The first-order valence-corrected chi connectivity index (χ1v) is 6.90. The summed E-state index contributed by atoms with van der Waals surface area (Å²) in [5.41, 5.74) is 5.82. The summed E-state index contributed by atoms with van der Waals surface area (Å²) in [7, 11) is 2.67. The van der Waals surface area contributed by atoms with Crippen molar-refractivity contribution in [1.29, 1.82) is 0 Å². The maximum atomic E-state index is 11.3. The SMILES string of the molecule is COC(=O)CN(CCCCC(C)(C)CN)CC(=O)OC. The molecule has 0 aromatic rings. The number of rotatable bonds is 10. The molecule has 20 heavy (non-hydrogen) atoms. The first kappa shape index (κ1) is 18.9. The lowest BCUT2D eigenvalue weighted by molar-refractivity contribution is -0.145. The van der Waals surface area contributed by atoms with Crippen molar-refractivity contribution in [2.24, 2.45) is 11.1 Å². The number of ether oxygens (including phenoxy) is 2. The molecule has 6 nitrogen and oxygen atoms in total. The second kappa shape index (κ2) is 9.72. The third-order valence-corrected chi connectivity index (χ3v) is 3.29. The highest BCUT2D eigenvalue weighted by atomic mass is 16.5. The summed E-state index contributed by atoms with van der Waals surface area (Å²) in [6.45, 7) is 5.78. The Balaban J connectivity index is 4.15. The smallest absolute Gasteiger partial charge is 0.319 e. The van der Waals surface area contributed by atoms with Crippen LogP contribution in [-0.2, 0) is 19.1 Å². The lowest BCUT2D eigenvalue weighted by Gasteiger charge is -2.23. The van der Waals surface area contributed by atoms with Crippen LogP contribution in [0.1, 0.15) is 33.1 Å². The van der Waals surface area contributed by atoms with Gasteiger partial charge in [0, 0.05) is 0 Å². The van der Waals surface area contributed by atoms with Gasteiger partial charge in [0.05, 0.1) is 27.3 Å². The van der Waals surface area contributed by atoms with E-state index in [1.54, 1.807) is 4.90 Å². The summed E-state index contributed by atoms with van der Waals surface area (Å²) in [6, 6.07) is 0. The van der Waals surface area contributed by atoms with Gasteiger partial charge in [-0.25, -0.2) is 0 Å². The quantitative estimate of drug-likeness (QED) is 0.473. The van der Waals surface area contributed by atoms with E-state index < -0.39 is 0 Å². The van der Waals surface area contributed by atoms with Gasteiger partial charge in [-0.3, -0.25) is 14.5 Å². The maximum Gasteiger partial charge on any atom is 0.319 e. The molecule has 118 valence electrons. The average Bonchev–Trinajstić information content (AvgIpc) is 2.42. The second-order valence-corrected chi connectivity index (χ2v) is 5.69. The molecule has 0 aliphatic rings. The van der Waals surface area contributed by atoms with E-state index >= 15 is 0 Å². The fraction of sp³-hybridized carbons (Fsp3) is 0.857. The fourth-order valence-corrected chi connectivity index (χ4v) is 1.75. The van der Waals surface area contributed by atoms with Crippen LogP contribution in [0.15, 0.2) is 0 Å². The third-order valence-electron chi connectivity index (χ3n) is 3.29. The van der Waals surface area contributed by atoms with Crippen LogP contribution < -0.4 is 5.73 Å². The Labute approximate surface area is 121 Å². The van der Waals surface area contributed by atoms with Crippen molar-refractivity contribution in [2.75, 3.05) is 40.4 Å². The standard InChI is InChI=1S/C14H28N2O4/c1-14(2,11-15)7-5-6-8-16(9-12(17)19-3)10-13(18)20-4/h5-11,15H2,1-4H3. The Morgan fingerprint density at radius 3 is 1.95 bits per heavy atom. The first-order chi connectivity index (χ1) is 9.34. The van der Waals surface area contributed by atoms with Gasteiger partial charge in [0.25, 0.3) is 0 Å². The van der Waals surface area contributed by atoms with Crippen molar-refractivity contribution >= 4 is 11.9 Å². The Hall–Kier alpha value is -1.14. The number of nitrogens with two attached hydrogens (primary N) is 1. The van der Waals surface area contributed by atoms with Crippen molar-refractivity contribution in [2.45, 2.75) is 33.1 Å². The van der Waals surface area contributed by atoms with Gasteiger partial charge in [-0.05, 0) is 31.3 Å². The zero-order chi connectivity index (χ0) is 15.6. The summed E-state index contributed by atoms with van der Waals surface area (Å²) in [4.78, 5) is 24.3. The van der Waals surface area contributed by atoms with E-state index in [1.165, 1.54) is 14.2 Å². The van der Waals surface area contributed by atoms with Gasteiger partial charge in [0.2, 0.25) is 0 Å². The van der Waals surface area contributed by atoms with Crippen molar-refractivity contribution in [3.8, 4) is 0 Å². The summed E-state index contributed by atoms with van der Waals surface area (Å²) < 4.78 is 9.25. The van der Waals surface area contributed by atoms with Crippen LogP contribution in [0.2, 0.25) is 0 Å². The molecule has 0 aliphatic carbocycles. The van der Waals surface area contributed by atoms with Crippen LogP contribution in [0.3, 0.4) is 0 Å². The Morgan fingerprint density at radius 1 is 1.05 bits per heavy atom. The van der Waals surface area contributed by atoms with Gasteiger partial charge >= 0.3 is 11.9 Å². The molecular weight excluding hydrogens is 260 g/mol. The van der Waals surface area contributed by atoms with E-state index in [0.717, 1.165) is 19.3 Å². The number of carbonyl (C=O) groups is 2. The summed E-state index contributed by atoms with van der Waals surface area (Å²) in [5.74, 6) is -0.701. The van der Waals surface area contributed by atoms with Crippen LogP contribution >= 0.6 is 0 Å². The van der Waals surface area contributed by atoms with E-state index in [1.807, 2.05) is 0 Å². The predicted octanol–water partition coefficient (Wildman–Crippen LogP) is 0.790. The monoisotopic (exact) mass is 288 g/mol. The molecule has 0 atom stereocenters. The van der Waals surface area contributed by atoms with Gasteiger partial charge in [-0.2, -0.15) is 0 Å². The summed E-state index contributed by atoms with van der Waals surface area (Å²) in [5, 5.41) is 0. The van der Waals surface area contributed by atoms with E-state index in [4.69, 9.17) is 5.73 Å². The number of hydrogen-bond donors (Lipinski definition) is 1. The molecule has 0 unspecified atom stereocenters. The van der Waals surface area contributed by atoms with Crippen LogP contribution in [-0.4, -0.2) is 57.2 Å². The molecule has 0 heterocycles. The second-order valence-electron chi connectivity index (χ2n) is 5.69. The molecular formula is C14H28N2O4. The number of nitrogens with zero attached hydrogens (tertiary/aromatic N) is 1. The Morgan fingerprint density at radius 2 is 1.55 bits per heavy atom. The van der Waals surface area contributed by atoms with Gasteiger partial charge in [0.15, 0.2) is 0 Å². The lowest BCUT2D eigenvalue weighted by atomic mass is 9.87. The van der Waals surface area contributed by atoms with Gasteiger partial charge in [0.1, 0.15) is 0 Å². The Bertz CT molecular complexity index is 288. The van der Waals surface area contributed by atoms with Gasteiger partial charge < -0.3 is 15.2 Å². The molecule has 0 saturated heterocycles. The fourth-order valence-electron chi connectivity index (χ4n) is 1.75. The summed E-state index contributed by atoms with van der Waals surface area (Å²) >= 11 is 0. The van der Waals surface area contributed by atoms with Gasteiger partial charge in [-0.15, -0.1) is 0 Å². The lowest BCUT2D eigenvalue weighted by Crippen LogP contribution is -2.36. The topological polar surface area (TPSA) is 81.9 Å². The highest BCUT2D eigenvalue weighted by molar-refractivity contribution is 5.74. The molecule has 0 amide bonds. The minimum absolute atomic E-state index is 0.103. The van der Waals surface area contributed by atoms with Crippen molar-refractivity contribution in [3.05, 3.63) is 0 Å². The van der Waals surface area contributed by atoms with E-state index in [-0.39, 0.29) is 30.4 Å². The molecule has 6 heteroatoms. The molecule has 0 bridgehead atoms. The molecule has 0 aromatic carbocycles. The first-order valence-electron chi connectivity index (χ1n) is 6.90. The molecule has 0 fully saturated rings. The van der Waals surface area contributed by atoms with E-state index in [9.17, 15) is 9.59 Å². The molecule has 2 N–H and O–H groups in total. The zero-order valence-electron chi connectivity index (χ0n) is 13.1. The molecule has 0 saturated carbocycles.